The SMILES string of the molecule is O=C1NC(=O)C2C1C(c1ccc(Br)cc1)NC2(Cc1ccc(O)cc1)C(=O)O. The number of halogens is 1. The van der Waals surface area contributed by atoms with Gasteiger partial charge in [-0.1, -0.05) is 40.2 Å². The molecule has 2 aliphatic rings. The molecule has 4 atom stereocenters. The zero-order valence-corrected chi connectivity index (χ0v) is 16.1. The Kier molecular flexibility index (Phi) is 4.47. The number of amides is 2. The second kappa shape index (κ2) is 6.72. The molecule has 2 aromatic rings. The molecule has 0 spiro atoms. The van der Waals surface area contributed by atoms with Crippen LogP contribution in [0.1, 0.15) is 17.2 Å². The van der Waals surface area contributed by atoms with Crippen molar-refractivity contribution in [3.05, 3.63) is 64.1 Å². The summed E-state index contributed by atoms with van der Waals surface area (Å²) in [5, 5.41) is 25.0. The Morgan fingerprint density at radius 1 is 1.04 bits per heavy atom. The quantitative estimate of drug-likeness (QED) is 0.534. The minimum atomic E-state index is -1.64. The number of rotatable bonds is 4. The van der Waals surface area contributed by atoms with E-state index in [-0.39, 0.29) is 12.2 Å². The molecule has 0 radical (unpaired) electrons. The molecule has 4 rings (SSSR count). The van der Waals surface area contributed by atoms with Crippen LogP contribution in [0.25, 0.3) is 0 Å². The van der Waals surface area contributed by atoms with E-state index in [1.807, 2.05) is 0 Å². The molecule has 144 valence electrons. The largest absolute Gasteiger partial charge is 0.508 e. The highest BCUT2D eigenvalue weighted by atomic mass is 79.9. The molecule has 4 unspecified atom stereocenters. The molecule has 0 bridgehead atoms. The highest BCUT2D eigenvalue weighted by Gasteiger charge is 2.66. The van der Waals surface area contributed by atoms with E-state index in [0.29, 0.717) is 5.56 Å². The van der Waals surface area contributed by atoms with Gasteiger partial charge in [-0.25, -0.2) is 0 Å². The number of carbonyl (C=O) groups excluding carboxylic acids is 2. The number of carboxylic acids is 1. The predicted octanol–water partition coefficient (Wildman–Crippen LogP) is 1.75. The molecule has 2 aromatic carbocycles. The number of fused-ring (bicyclic) bond motifs is 1. The number of hydrogen-bond donors (Lipinski definition) is 4. The van der Waals surface area contributed by atoms with Gasteiger partial charge in [0.15, 0.2) is 0 Å². The Bertz CT molecular complexity index is 960. The first-order valence-electron chi connectivity index (χ1n) is 8.71. The molecule has 8 heteroatoms. The van der Waals surface area contributed by atoms with Crippen LogP contribution in [0, 0.1) is 11.8 Å². The first-order valence-corrected chi connectivity index (χ1v) is 9.50. The zero-order valence-electron chi connectivity index (χ0n) is 14.6. The molecule has 0 saturated carbocycles. The van der Waals surface area contributed by atoms with Crippen molar-refractivity contribution in [2.24, 2.45) is 11.8 Å². The number of carbonyl (C=O) groups is 3. The molecule has 4 N–H and O–H groups in total. The van der Waals surface area contributed by atoms with E-state index in [1.54, 1.807) is 36.4 Å². The fourth-order valence-corrected chi connectivity index (χ4v) is 4.52. The minimum absolute atomic E-state index is 0.00247. The van der Waals surface area contributed by atoms with E-state index in [1.165, 1.54) is 12.1 Å². The summed E-state index contributed by atoms with van der Waals surface area (Å²) < 4.78 is 0.853. The van der Waals surface area contributed by atoms with Gasteiger partial charge in [0.05, 0.1) is 11.8 Å². The lowest BCUT2D eigenvalue weighted by Crippen LogP contribution is -2.57. The smallest absolute Gasteiger partial charge is 0.325 e. The van der Waals surface area contributed by atoms with Gasteiger partial charge in [0, 0.05) is 16.9 Å². The van der Waals surface area contributed by atoms with Crippen LogP contribution in [0.15, 0.2) is 53.0 Å². The molecule has 0 aromatic heterocycles. The summed E-state index contributed by atoms with van der Waals surface area (Å²) >= 11 is 3.36. The molecule has 0 aliphatic carbocycles. The highest BCUT2D eigenvalue weighted by Crippen LogP contribution is 2.47. The minimum Gasteiger partial charge on any atom is -0.508 e. The van der Waals surface area contributed by atoms with Gasteiger partial charge in [-0.2, -0.15) is 0 Å². The Morgan fingerprint density at radius 2 is 1.68 bits per heavy atom. The van der Waals surface area contributed by atoms with Gasteiger partial charge in [-0.15, -0.1) is 0 Å². The van der Waals surface area contributed by atoms with Crippen molar-refractivity contribution in [2.45, 2.75) is 18.0 Å². The molecule has 2 fully saturated rings. The van der Waals surface area contributed by atoms with Gasteiger partial charge in [0.25, 0.3) is 0 Å². The molecule has 7 nitrogen and oxygen atoms in total. The number of hydrogen-bond acceptors (Lipinski definition) is 5. The van der Waals surface area contributed by atoms with Crippen LogP contribution in [-0.2, 0) is 20.8 Å². The number of phenolic OH excluding ortho intramolecular Hbond substituents is 1. The maximum Gasteiger partial charge on any atom is 0.325 e. The Balaban J connectivity index is 1.80. The van der Waals surface area contributed by atoms with Gasteiger partial charge in [-0.05, 0) is 35.4 Å². The predicted molar refractivity (Wildman–Crippen MR) is 102 cm³/mol. The van der Waals surface area contributed by atoms with Crippen molar-refractivity contribution in [1.82, 2.24) is 10.6 Å². The average Bonchev–Trinajstić information content (AvgIpc) is 3.15. The second-order valence-corrected chi connectivity index (χ2v) is 8.07. The van der Waals surface area contributed by atoms with Gasteiger partial charge in [-0.3, -0.25) is 25.0 Å². The summed E-state index contributed by atoms with van der Waals surface area (Å²) in [7, 11) is 0. The maximum atomic E-state index is 12.6. The lowest BCUT2D eigenvalue weighted by molar-refractivity contribution is -0.149. The maximum absolute atomic E-state index is 12.6. The molecular formula is C20H17BrN2O5. The third kappa shape index (κ3) is 2.89. The number of benzene rings is 2. The standard InChI is InChI=1S/C20H17BrN2O5/c21-12-5-3-11(4-6-12)16-14-15(18(26)22-17(14)25)20(23-16,19(27)28)9-10-1-7-13(24)8-2-10/h1-8,14-16,23-24H,9H2,(H,27,28)(H,22,25,26). The van der Waals surface area contributed by atoms with Crippen molar-refractivity contribution in [1.29, 1.82) is 0 Å². The first-order chi connectivity index (χ1) is 13.3. The van der Waals surface area contributed by atoms with Crippen LogP contribution >= 0.6 is 15.9 Å². The average molecular weight is 445 g/mol. The Hall–Kier alpha value is -2.71. The van der Waals surface area contributed by atoms with E-state index < -0.39 is 41.2 Å². The Labute approximate surface area is 168 Å². The molecule has 2 aliphatic heterocycles. The summed E-state index contributed by atoms with van der Waals surface area (Å²) in [5.74, 6) is -4.04. The lowest BCUT2D eigenvalue weighted by Gasteiger charge is -2.30. The van der Waals surface area contributed by atoms with Gasteiger partial charge in [0.2, 0.25) is 11.8 Å². The lowest BCUT2D eigenvalue weighted by atomic mass is 9.76. The first kappa shape index (κ1) is 18.6. The van der Waals surface area contributed by atoms with Crippen molar-refractivity contribution in [3.8, 4) is 5.75 Å². The third-order valence-electron chi connectivity index (χ3n) is 5.52. The number of carboxylic acid groups (broad SMARTS) is 1. The van der Waals surface area contributed by atoms with Gasteiger partial charge < -0.3 is 10.2 Å². The van der Waals surface area contributed by atoms with Crippen molar-refractivity contribution >= 4 is 33.7 Å². The monoisotopic (exact) mass is 444 g/mol. The third-order valence-corrected chi connectivity index (χ3v) is 6.05. The fourth-order valence-electron chi connectivity index (χ4n) is 4.26. The molecule has 2 amide bonds. The number of imide groups is 1. The number of aromatic hydroxyl groups is 1. The Morgan fingerprint density at radius 3 is 2.29 bits per heavy atom. The second-order valence-electron chi connectivity index (χ2n) is 7.15. The number of nitrogens with one attached hydrogen (secondary N) is 2. The molecule has 2 saturated heterocycles. The van der Waals surface area contributed by atoms with Gasteiger partial charge >= 0.3 is 5.97 Å². The highest BCUT2D eigenvalue weighted by molar-refractivity contribution is 9.10. The van der Waals surface area contributed by atoms with E-state index in [2.05, 4.69) is 26.6 Å². The number of aliphatic carboxylic acids is 1. The van der Waals surface area contributed by atoms with E-state index >= 15 is 0 Å². The van der Waals surface area contributed by atoms with Crippen LogP contribution < -0.4 is 10.6 Å². The van der Waals surface area contributed by atoms with Crippen molar-refractivity contribution in [2.75, 3.05) is 0 Å². The normalized spacial score (nSPS) is 28.8. The number of phenols is 1. The summed E-state index contributed by atoms with van der Waals surface area (Å²) in [5.41, 5.74) is -0.276. The molecule has 2 heterocycles. The van der Waals surface area contributed by atoms with E-state index in [9.17, 15) is 24.6 Å². The van der Waals surface area contributed by atoms with Crippen molar-refractivity contribution < 1.29 is 24.6 Å². The topological polar surface area (TPSA) is 116 Å². The van der Waals surface area contributed by atoms with Crippen LogP contribution in [0.4, 0.5) is 0 Å². The summed E-state index contributed by atoms with van der Waals surface area (Å²) in [6.45, 7) is 0. The zero-order chi connectivity index (χ0) is 20.1. The molecular weight excluding hydrogens is 428 g/mol. The summed E-state index contributed by atoms with van der Waals surface area (Å²) in [6, 6.07) is 12.7. The van der Waals surface area contributed by atoms with Crippen LogP contribution in [-0.4, -0.2) is 33.5 Å². The summed E-state index contributed by atoms with van der Waals surface area (Å²) in [6.07, 6.45) is -0.00247. The van der Waals surface area contributed by atoms with Crippen LogP contribution in [0.3, 0.4) is 0 Å². The molecule has 28 heavy (non-hydrogen) atoms. The van der Waals surface area contributed by atoms with E-state index in [0.717, 1.165) is 10.0 Å². The fraction of sp³-hybridized carbons (Fsp3) is 0.250. The van der Waals surface area contributed by atoms with Crippen LogP contribution in [0.2, 0.25) is 0 Å². The van der Waals surface area contributed by atoms with E-state index in [4.69, 9.17) is 0 Å². The van der Waals surface area contributed by atoms with Crippen LogP contribution in [0.5, 0.6) is 5.75 Å². The van der Waals surface area contributed by atoms with Gasteiger partial charge in [0.1, 0.15) is 11.3 Å². The summed E-state index contributed by atoms with van der Waals surface area (Å²) in [4.78, 5) is 37.5. The van der Waals surface area contributed by atoms with Crippen molar-refractivity contribution in [3.63, 3.8) is 0 Å².